The highest BCUT2D eigenvalue weighted by Crippen LogP contribution is 2.39. The smallest absolute Gasteiger partial charge is 0.271 e. The molecule has 1 aromatic heterocycles. The second kappa shape index (κ2) is 4.69. The maximum absolute atomic E-state index is 11.3. The highest BCUT2D eigenvalue weighted by molar-refractivity contribution is 5.91. The molecule has 1 aromatic rings. The first-order chi connectivity index (χ1) is 8.13. The molecule has 2 rings (SSSR count). The van der Waals surface area contributed by atoms with Crippen molar-refractivity contribution in [2.45, 2.75) is 26.2 Å². The molecule has 5 heteroatoms. The van der Waals surface area contributed by atoms with Crippen molar-refractivity contribution < 1.29 is 4.79 Å². The van der Waals surface area contributed by atoms with Gasteiger partial charge in [-0.15, -0.1) is 10.2 Å². The number of amides is 1. The highest BCUT2D eigenvalue weighted by Gasteiger charge is 2.31. The molecule has 92 valence electrons. The van der Waals surface area contributed by atoms with Gasteiger partial charge in [-0.1, -0.05) is 13.3 Å². The van der Waals surface area contributed by atoms with E-state index in [2.05, 4.69) is 27.8 Å². The van der Waals surface area contributed by atoms with Gasteiger partial charge in [0, 0.05) is 13.6 Å². The van der Waals surface area contributed by atoms with Crippen molar-refractivity contribution in [3.63, 3.8) is 0 Å². The number of hydrogen-bond donors (Lipinski definition) is 2. The lowest BCUT2D eigenvalue weighted by Gasteiger charge is -2.38. The number of rotatable bonds is 4. The van der Waals surface area contributed by atoms with E-state index in [0.29, 0.717) is 11.1 Å². The normalized spacial score (nSPS) is 17.1. The molecule has 0 aromatic carbocycles. The minimum Gasteiger partial charge on any atom is -0.368 e. The summed E-state index contributed by atoms with van der Waals surface area (Å²) < 4.78 is 0. The lowest BCUT2D eigenvalue weighted by Crippen LogP contribution is -2.33. The summed E-state index contributed by atoms with van der Waals surface area (Å²) in [4.78, 5) is 11.3. The second-order valence-electron chi connectivity index (χ2n) is 4.90. The quantitative estimate of drug-likeness (QED) is 0.827. The molecule has 0 aliphatic heterocycles. The zero-order chi connectivity index (χ0) is 12.3. The molecule has 0 radical (unpaired) electrons. The number of nitrogens with zero attached hydrogens (tertiary/aromatic N) is 2. The summed E-state index contributed by atoms with van der Waals surface area (Å²) in [5, 5.41) is 13.6. The van der Waals surface area contributed by atoms with Crippen LogP contribution in [0.1, 0.15) is 36.7 Å². The number of carbonyl (C=O) groups is 1. The molecule has 5 nitrogen and oxygen atoms in total. The van der Waals surface area contributed by atoms with E-state index < -0.39 is 0 Å². The Morgan fingerprint density at radius 1 is 1.41 bits per heavy atom. The van der Waals surface area contributed by atoms with Crippen LogP contribution in [0.4, 0.5) is 5.82 Å². The molecule has 0 atom stereocenters. The van der Waals surface area contributed by atoms with Gasteiger partial charge in [-0.25, -0.2) is 0 Å². The third-order valence-corrected chi connectivity index (χ3v) is 3.38. The van der Waals surface area contributed by atoms with Gasteiger partial charge in [-0.05, 0) is 30.4 Å². The van der Waals surface area contributed by atoms with E-state index >= 15 is 0 Å². The van der Waals surface area contributed by atoms with E-state index in [1.54, 1.807) is 19.2 Å². The van der Waals surface area contributed by atoms with E-state index in [4.69, 9.17) is 0 Å². The Balaban J connectivity index is 1.91. The van der Waals surface area contributed by atoms with Gasteiger partial charge < -0.3 is 10.6 Å². The van der Waals surface area contributed by atoms with Gasteiger partial charge in [0.1, 0.15) is 5.82 Å². The van der Waals surface area contributed by atoms with Crippen molar-refractivity contribution in [3.8, 4) is 0 Å². The lowest BCUT2D eigenvalue weighted by atomic mass is 9.70. The monoisotopic (exact) mass is 234 g/mol. The van der Waals surface area contributed by atoms with Crippen LogP contribution in [0.15, 0.2) is 12.1 Å². The van der Waals surface area contributed by atoms with Crippen LogP contribution in [0.5, 0.6) is 0 Å². The Labute approximate surface area is 101 Å². The van der Waals surface area contributed by atoms with Gasteiger partial charge in [0.15, 0.2) is 5.69 Å². The SMILES string of the molecule is CNC(=O)c1ccc(NCC2(C)CCC2)nn1. The van der Waals surface area contributed by atoms with E-state index in [-0.39, 0.29) is 5.91 Å². The topological polar surface area (TPSA) is 66.9 Å². The van der Waals surface area contributed by atoms with Crippen LogP contribution in [0.3, 0.4) is 0 Å². The summed E-state index contributed by atoms with van der Waals surface area (Å²) in [6, 6.07) is 3.47. The van der Waals surface area contributed by atoms with Crippen molar-refractivity contribution in [2.24, 2.45) is 5.41 Å². The predicted octanol–water partition coefficient (Wildman–Crippen LogP) is 1.44. The van der Waals surface area contributed by atoms with Gasteiger partial charge >= 0.3 is 0 Å². The number of nitrogens with one attached hydrogen (secondary N) is 2. The largest absolute Gasteiger partial charge is 0.368 e. The maximum Gasteiger partial charge on any atom is 0.271 e. The zero-order valence-corrected chi connectivity index (χ0v) is 10.3. The third-order valence-electron chi connectivity index (χ3n) is 3.38. The summed E-state index contributed by atoms with van der Waals surface area (Å²) in [5.41, 5.74) is 0.745. The minimum atomic E-state index is -0.213. The van der Waals surface area contributed by atoms with Crippen LogP contribution in [-0.2, 0) is 0 Å². The molecule has 1 heterocycles. The fourth-order valence-electron chi connectivity index (χ4n) is 1.94. The molecule has 1 amide bonds. The summed E-state index contributed by atoms with van der Waals surface area (Å²) in [5.74, 6) is 0.515. The van der Waals surface area contributed by atoms with Crippen LogP contribution in [0, 0.1) is 5.41 Å². The van der Waals surface area contributed by atoms with Gasteiger partial charge in [0.2, 0.25) is 0 Å². The van der Waals surface area contributed by atoms with E-state index in [1.165, 1.54) is 19.3 Å². The Morgan fingerprint density at radius 3 is 2.65 bits per heavy atom. The van der Waals surface area contributed by atoms with Crippen LogP contribution < -0.4 is 10.6 Å². The van der Waals surface area contributed by atoms with Gasteiger partial charge in [0.05, 0.1) is 0 Å². The summed E-state index contributed by atoms with van der Waals surface area (Å²) in [7, 11) is 1.58. The molecule has 0 unspecified atom stereocenters. The number of anilines is 1. The Bertz CT molecular complexity index is 397. The van der Waals surface area contributed by atoms with Gasteiger partial charge in [-0.3, -0.25) is 4.79 Å². The first-order valence-electron chi connectivity index (χ1n) is 5.93. The van der Waals surface area contributed by atoms with Crippen LogP contribution in [0.2, 0.25) is 0 Å². The van der Waals surface area contributed by atoms with Crippen molar-refractivity contribution in [1.82, 2.24) is 15.5 Å². The maximum atomic E-state index is 11.3. The molecular weight excluding hydrogens is 216 g/mol. The molecule has 1 saturated carbocycles. The summed E-state index contributed by atoms with van der Waals surface area (Å²) in [6.07, 6.45) is 3.85. The molecule has 0 saturated heterocycles. The van der Waals surface area contributed by atoms with Crippen molar-refractivity contribution >= 4 is 11.7 Å². The van der Waals surface area contributed by atoms with Gasteiger partial charge in [0.25, 0.3) is 5.91 Å². The Hall–Kier alpha value is -1.65. The number of carbonyl (C=O) groups excluding carboxylic acids is 1. The first-order valence-corrected chi connectivity index (χ1v) is 5.93. The molecule has 1 aliphatic carbocycles. The summed E-state index contributed by atoms with van der Waals surface area (Å²) >= 11 is 0. The second-order valence-corrected chi connectivity index (χ2v) is 4.90. The molecular formula is C12H18N4O. The predicted molar refractivity (Wildman–Crippen MR) is 65.9 cm³/mol. The fourth-order valence-corrected chi connectivity index (χ4v) is 1.94. The molecule has 1 fully saturated rings. The van der Waals surface area contributed by atoms with E-state index in [9.17, 15) is 4.79 Å². The van der Waals surface area contributed by atoms with Crippen molar-refractivity contribution in [1.29, 1.82) is 0 Å². The molecule has 0 bridgehead atoms. The van der Waals surface area contributed by atoms with Crippen LogP contribution in [0.25, 0.3) is 0 Å². The first kappa shape index (κ1) is 11.8. The van der Waals surface area contributed by atoms with Crippen molar-refractivity contribution in [2.75, 3.05) is 18.9 Å². The fraction of sp³-hybridized carbons (Fsp3) is 0.583. The van der Waals surface area contributed by atoms with Crippen LogP contribution in [-0.4, -0.2) is 29.7 Å². The average Bonchev–Trinajstić information content (AvgIpc) is 2.33. The number of aromatic nitrogens is 2. The van der Waals surface area contributed by atoms with E-state index in [1.807, 2.05) is 0 Å². The van der Waals surface area contributed by atoms with Gasteiger partial charge in [-0.2, -0.15) is 0 Å². The third kappa shape index (κ3) is 2.72. The van der Waals surface area contributed by atoms with E-state index in [0.717, 1.165) is 12.4 Å². The average molecular weight is 234 g/mol. The Kier molecular flexibility index (Phi) is 3.26. The lowest BCUT2D eigenvalue weighted by molar-refractivity contribution is 0.0957. The zero-order valence-electron chi connectivity index (χ0n) is 10.3. The molecule has 1 aliphatic rings. The number of hydrogen-bond acceptors (Lipinski definition) is 4. The highest BCUT2D eigenvalue weighted by atomic mass is 16.1. The molecule has 2 N–H and O–H groups in total. The van der Waals surface area contributed by atoms with Crippen LogP contribution >= 0.6 is 0 Å². The summed E-state index contributed by atoms with van der Waals surface area (Å²) in [6.45, 7) is 3.19. The Morgan fingerprint density at radius 2 is 2.18 bits per heavy atom. The standard InChI is InChI=1S/C12H18N4O/c1-12(6-3-7-12)8-14-10-5-4-9(15-16-10)11(17)13-2/h4-5H,3,6-8H2,1-2H3,(H,13,17)(H,14,16). The minimum absolute atomic E-state index is 0.213. The molecule has 0 spiro atoms. The molecule has 17 heavy (non-hydrogen) atoms. The van der Waals surface area contributed by atoms with Crippen molar-refractivity contribution in [3.05, 3.63) is 17.8 Å².